The first-order chi connectivity index (χ1) is 5.75. The van der Waals surface area contributed by atoms with E-state index in [2.05, 4.69) is 35.1 Å². The van der Waals surface area contributed by atoms with E-state index in [0.717, 1.165) is 5.76 Å². The zero-order chi connectivity index (χ0) is 8.97. The second-order valence-corrected chi connectivity index (χ2v) is 2.95. The van der Waals surface area contributed by atoms with E-state index in [1.165, 1.54) is 5.56 Å². The molecule has 0 saturated heterocycles. The van der Waals surface area contributed by atoms with Gasteiger partial charge < -0.3 is 4.52 Å². The Hall–Kier alpha value is -0.810. The highest BCUT2D eigenvalue weighted by atomic mass is 31.0. The van der Waals surface area contributed by atoms with E-state index >= 15 is 0 Å². The van der Waals surface area contributed by atoms with Crippen LogP contribution in [0.3, 0.4) is 0 Å². The smallest absolute Gasteiger partial charge is 0.0992 e. The van der Waals surface area contributed by atoms with Gasteiger partial charge in [0, 0.05) is 5.92 Å². The van der Waals surface area contributed by atoms with Crippen LogP contribution in [-0.4, -0.2) is 0 Å². The topological polar surface area (TPSA) is 9.23 Å². The summed E-state index contributed by atoms with van der Waals surface area (Å²) in [4.78, 5) is 0. The van der Waals surface area contributed by atoms with Gasteiger partial charge in [0.2, 0.25) is 0 Å². The Balaban J connectivity index is 2.78. The summed E-state index contributed by atoms with van der Waals surface area (Å²) in [5, 5.41) is 0. The van der Waals surface area contributed by atoms with Gasteiger partial charge in [0.1, 0.15) is 0 Å². The number of hydrogen-bond acceptors (Lipinski definition) is 1. The van der Waals surface area contributed by atoms with Crippen LogP contribution in [0.1, 0.15) is 18.4 Å². The zero-order valence-electron chi connectivity index (χ0n) is 7.16. The van der Waals surface area contributed by atoms with Gasteiger partial charge in [0.25, 0.3) is 0 Å². The predicted octanol–water partition coefficient (Wildman–Crippen LogP) is 3.11. The number of rotatable bonds is 3. The van der Waals surface area contributed by atoms with E-state index in [4.69, 9.17) is 4.52 Å². The molecule has 1 aromatic carbocycles. The molecule has 0 N–H and O–H groups in total. The maximum atomic E-state index is 4.99. The SMILES string of the molecule is C=C(OP)C(C)c1ccccc1. The molecule has 0 aliphatic heterocycles. The summed E-state index contributed by atoms with van der Waals surface area (Å²) in [7, 11) is 2.21. The van der Waals surface area contributed by atoms with Crippen LogP contribution < -0.4 is 0 Å². The van der Waals surface area contributed by atoms with Gasteiger partial charge in [-0.25, -0.2) is 0 Å². The van der Waals surface area contributed by atoms with Gasteiger partial charge in [-0.3, -0.25) is 0 Å². The first kappa shape index (κ1) is 9.28. The van der Waals surface area contributed by atoms with Crippen molar-refractivity contribution >= 4 is 9.47 Å². The van der Waals surface area contributed by atoms with Crippen LogP contribution in [0.25, 0.3) is 0 Å². The molecule has 0 amide bonds. The van der Waals surface area contributed by atoms with Gasteiger partial charge in [-0.15, -0.1) is 0 Å². The van der Waals surface area contributed by atoms with E-state index in [-0.39, 0.29) is 5.92 Å². The lowest BCUT2D eigenvalue weighted by Crippen LogP contribution is -1.95. The normalized spacial score (nSPS) is 12.2. The Morgan fingerprint density at radius 2 is 2.00 bits per heavy atom. The summed E-state index contributed by atoms with van der Waals surface area (Å²) in [6, 6.07) is 10.2. The van der Waals surface area contributed by atoms with Gasteiger partial charge in [-0.2, -0.15) is 0 Å². The standard InChI is InChI=1S/C10H13OP/c1-8(9(2)11-12)10-6-4-3-5-7-10/h3-8H,2,12H2,1H3. The van der Waals surface area contributed by atoms with Gasteiger partial charge in [0.05, 0.1) is 15.2 Å². The van der Waals surface area contributed by atoms with Crippen LogP contribution >= 0.6 is 9.47 Å². The molecule has 2 heteroatoms. The molecule has 0 heterocycles. The molecule has 1 rings (SSSR count). The molecule has 12 heavy (non-hydrogen) atoms. The molecule has 2 atom stereocenters. The third-order valence-electron chi connectivity index (χ3n) is 1.93. The molecular formula is C10H13OP. The van der Waals surface area contributed by atoms with E-state index in [0.29, 0.717) is 0 Å². The molecule has 0 aliphatic rings. The first-order valence-electron chi connectivity index (χ1n) is 3.86. The van der Waals surface area contributed by atoms with Gasteiger partial charge in [0.15, 0.2) is 0 Å². The van der Waals surface area contributed by atoms with Gasteiger partial charge in [-0.1, -0.05) is 43.8 Å². The van der Waals surface area contributed by atoms with Crippen LogP contribution in [0.2, 0.25) is 0 Å². The summed E-state index contributed by atoms with van der Waals surface area (Å²) in [5.41, 5.74) is 1.23. The zero-order valence-corrected chi connectivity index (χ0v) is 8.31. The Morgan fingerprint density at radius 1 is 1.42 bits per heavy atom. The minimum absolute atomic E-state index is 0.253. The van der Waals surface area contributed by atoms with Crippen molar-refractivity contribution in [1.82, 2.24) is 0 Å². The number of benzene rings is 1. The van der Waals surface area contributed by atoms with E-state index < -0.39 is 0 Å². The fourth-order valence-corrected chi connectivity index (χ4v) is 1.23. The van der Waals surface area contributed by atoms with Crippen molar-refractivity contribution in [2.45, 2.75) is 12.8 Å². The van der Waals surface area contributed by atoms with Crippen LogP contribution in [0.4, 0.5) is 0 Å². The van der Waals surface area contributed by atoms with Crippen molar-refractivity contribution in [3.63, 3.8) is 0 Å². The summed E-state index contributed by atoms with van der Waals surface area (Å²) < 4.78 is 4.99. The molecular weight excluding hydrogens is 167 g/mol. The minimum atomic E-state index is 0.253. The quantitative estimate of drug-likeness (QED) is 0.513. The molecule has 0 fully saturated rings. The van der Waals surface area contributed by atoms with E-state index in [1.807, 2.05) is 18.2 Å². The highest BCUT2D eigenvalue weighted by molar-refractivity contribution is 7.10. The highest BCUT2D eigenvalue weighted by Gasteiger charge is 2.08. The lowest BCUT2D eigenvalue weighted by atomic mass is 10.0. The maximum absolute atomic E-state index is 4.99. The second-order valence-electron chi connectivity index (χ2n) is 2.72. The van der Waals surface area contributed by atoms with Crippen LogP contribution in [-0.2, 0) is 4.52 Å². The van der Waals surface area contributed by atoms with Crippen molar-refractivity contribution in [2.75, 3.05) is 0 Å². The first-order valence-corrected chi connectivity index (χ1v) is 4.33. The van der Waals surface area contributed by atoms with Crippen molar-refractivity contribution in [1.29, 1.82) is 0 Å². The molecule has 0 aromatic heterocycles. The Kier molecular flexibility index (Phi) is 3.31. The lowest BCUT2D eigenvalue weighted by molar-refractivity contribution is 0.454. The molecule has 64 valence electrons. The van der Waals surface area contributed by atoms with Crippen molar-refractivity contribution < 1.29 is 4.52 Å². The molecule has 2 unspecified atom stereocenters. The number of hydrogen-bond donors (Lipinski definition) is 0. The number of allylic oxidation sites excluding steroid dienone is 1. The van der Waals surface area contributed by atoms with Crippen molar-refractivity contribution in [3.05, 3.63) is 48.2 Å². The maximum Gasteiger partial charge on any atom is 0.0992 e. The van der Waals surface area contributed by atoms with E-state index in [1.54, 1.807) is 0 Å². The second kappa shape index (κ2) is 4.27. The lowest BCUT2D eigenvalue weighted by Gasteiger charge is -2.12. The largest absolute Gasteiger partial charge is 0.485 e. The summed E-state index contributed by atoms with van der Waals surface area (Å²) in [6.45, 7) is 5.88. The summed E-state index contributed by atoms with van der Waals surface area (Å²) in [6.07, 6.45) is 0. The predicted molar refractivity (Wildman–Crippen MR) is 54.8 cm³/mol. The average molecular weight is 180 g/mol. The molecule has 0 spiro atoms. The summed E-state index contributed by atoms with van der Waals surface area (Å²) in [5.74, 6) is 1.02. The molecule has 0 radical (unpaired) electrons. The Morgan fingerprint density at radius 3 is 2.50 bits per heavy atom. The monoisotopic (exact) mass is 180 g/mol. The molecule has 1 nitrogen and oxygen atoms in total. The van der Waals surface area contributed by atoms with Crippen molar-refractivity contribution in [3.8, 4) is 0 Å². The Labute approximate surface area is 75.7 Å². The fourth-order valence-electron chi connectivity index (χ4n) is 1.03. The average Bonchev–Trinajstić information content (AvgIpc) is 2.17. The molecule has 0 aliphatic carbocycles. The molecule has 1 aromatic rings. The summed E-state index contributed by atoms with van der Waals surface area (Å²) >= 11 is 0. The fraction of sp³-hybridized carbons (Fsp3) is 0.200. The highest BCUT2D eigenvalue weighted by Crippen LogP contribution is 2.24. The van der Waals surface area contributed by atoms with Crippen LogP contribution in [0, 0.1) is 0 Å². The molecule has 0 saturated carbocycles. The van der Waals surface area contributed by atoms with Crippen LogP contribution in [0.5, 0.6) is 0 Å². The van der Waals surface area contributed by atoms with E-state index in [9.17, 15) is 0 Å². The minimum Gasteiger partial charge on any atom is -0.485 e. The third kappa shape index (κ3) is 2.09. The van der Waals surface area contributed by atoms with Gasteiger partial charge >= 0.3 is 0 Å². The molecule has 0 bridgehead atoms. The third-order valence-corrected chi connectivity index (χ3v) is 2.24. The van der Waals surface area contributed by atoms with Crippen LogP contribution in [0.15, 0.2) is 42.7 Å². The van der Waals surface area contributed by atoms with Gasteiger partial charge in [-0.05, 0) is 5.56 Å². The Bertz CT molecular complexity index is 256. The van der Waals surface area contributed by atoms with Crippen molar-refractivity contribution in [2.24, 2.45) is 0 Å².